The Hall–Kier alpha value is -1.17. The lowest BCUT2D eigenvalue weighted by Gasteiger charge is -2.29. The summed E-state index contributed by atoms with van der Waals surface area (Å²) in [6.07, 6.45) is 5.85. The van der Waals surface area contributed by atoms with E-state index < -0.39 is 0 Å². The van der Waals surface area contributed by atoms with Crippen molar-refractivity contribution in [2.45, 2.75) is 51.7 Å². The van der Waals surface area contributed by atoms with Crippen LogP contribution in [0.25, 0.3) is 0 Å². The average Bonchev–Trinajstić information content (AvgIpc) is 2.88. The molecule has 122 valence electrons. The number of nitrogens with one attached hydrogen (secondary N) is 3. The van der Waals surface area contributed by atoms with Crippen LogP contribution in [-0.2, 0) is 6.54 Å². The first-order valence-electron chi connectivity index (χ1n) is 8.66. The monoisotopic (exact) mass is 303 g/mol. The smallest absolute Gasteiger partial charge is 0.133 e. The van der Waals surface area contributed by atoms with Crippen molar-refractivity contribution in [3.63, 3.8) is 0 Å². The molecule has 2 aliphatic rings. The van der Waals surface area contributed by atoms with Crippen LogP contribution in [0.3, 0.4) is 0 Å². The summed E-state index contributed by atoms with van der Waals surface area (Å²) in [6, 6.07) is 5.28. The van der Waals surface area contributed by atoms with Crippen LogP contribution < -0.4 is 21.1 Å². The van der Waals surface area contributed by atoms with Crippen LogP contribution >= 0.6 is 0 Å². The lowest BCUT2D eigenvalue weighted by atomic mass is 9.97. The maximum absolute atomic E-state index is 4.64. The molecule has 5 nitrogen and oxygen atoms in total. The molecule has 0 bridgehead atoms. The molecule has 2 atom stereocenters. The number of rotatable bonds is 5. The molecule has 0 aromatic carbocycles. The summed E-state index contributed by atoms with van der Waals surface area (Å²) < 4.78 is 0. The van der Waals surface area contributed by atoms with Gasteiger partial charge in [0.1, 0.15) is 5.82 Å². The molecule has 3 heterocycles. The Morgan fingerprint density at radius 2 is 1.91 bits per heavy atom. The summed E-state index contributed by atoms with van der Waals surface area (Å²) in [5.41, 5.74) is 7.96. The van der Waals surface area contributed by atoms with Crippen LogP contribution in [-0.4, -0.2) is 36.7 Å². The van der Waals surface area contributed by atoms with Crippen molar-refractivity contribution in [1.29, 1.82) is 0 Å². The van der Waals surface area contributed by atoms with Crippen LogP contribution in [0, 0.1) is 5.92 Å². The highest BCUT2D eigenvalue weighted by Crippen LogP contribution is 2.21. The highest BCUT2D eigenvalue weighted by molar-refractivity contribution is 5.46. The zero-order chi connectivity index (χ0) is 15.4. The van der Waals surface area contributed by atoms with Gasteiger partial charge in [-0.25, -0.2) is 4.98 Å². The van der Waals surface area contributed by atoms with Crippen molar-refractivity contribution < 1.29 is 0 Å². The van der Waals surface area contributed by atoms with Crippen molar-refractivity contribution in [2.24, 2.45) is 5.92 Å². The van der Waals surface area contributed by atoms with E-state index in [9.17, 15) is 0 Å². The quantitative estimate of drug-likeness (QED) is 0.772. The Bertz CT molecular complexity index is 462. The van der Waals surface area contributed by atoms with E-state index in [1.807, 2.05) is 12.3 Å². The first kappa shape index (κ1) is 15.7. The van der Waals surface area contributed by atoms with Gasteiger partial charge in [0.05, 0.1) is 0 Å². The summed E-state index contributed by atoms with van der Waals surface area (Å²) in [5, 5.41) is 3.64. The normalized spacial score (nSPS) is 29.0. The Morgan fingerprint density at radius 1 is 1.18 bits per heavy atom. The fraction of sp³-hybridized carbons (Fsp3) is 0.706. The van der Waals surface area contributed by atoms with Crippen LogP contribution in [0.2, 0.25) is 0 Å². The molecule has 1 aromatic rings. The third kappa shape index (κ3) is 3.59. The van der Waals surface area contributed by atoms with Crippen molar-refractivity contribution in [1.82, 2.24) is 21.2 Å². The highest BCUT2D eigenvalue weighted by atomic mass is 15.4. The molecular formula is C17H29N5. The maximum atomic E-state index is 4.64. The summed E-state index contributed by atoms with van der Waals surface area (Å²) in [6.45, 7) is 8.70. The zero-order valence-corrected chi connectivity index (χ0v) is 13.8. The number of hydrazine groups is 1. The fourth-order valence-corrected chi connectivity index (χ4v) is 3.60. The van der Waals surface area contributed by atoms with E-state index >= 15 is 0 Å². The average molecular weight is 303 g/mol. The van der Waals surface area contributed by atoms with Gasteiger partial charge in [-0.1, -0.05) is 6.07 Å². The van der Waals surface area contributed by atoms with Gasteiger partial charge >= 0.3 is 0 Å². The molecule has 0 aliphatic carbocycles. The summed E-state index contributed by atoms with van der Waals surface area (Å²) >= 11 is 0. The molecule has 5 heteroatoms. The fourth-order valence-electron chi connectivity index (χ4n) is 3.60. The third-order valence-electron chi connectivity index (χ3n) is 5.04. The Kier molecular flexibility index (Phi) is 5.28. The minimum atomic E-state index is 0.512. The third-order valence-corrected chi connectivity index (χ3v) is 5.04. The molecule has 0 amide bonds. The summed E-state index contributed by atoms with van der Waals surface area (Å²) in [5.74, 6) is 1.80. The van der Waals surface area contributed by atoms with Crippen molar-refractivity contribution in [3.8, 4) is 0 Å². The number of hydrogen-bond acceptors (Lipinski definition) is 5. The molecular weight excluding hydrogens is 274 g/mol. The van der Waals surface area contributed by atoms with Crippen LogP contribution in [0.4, 0.5) is 5.82 Å². The second kappa shape index (κ2) is 7.40. The van der Waals surface area contributed by atoms with E-state index in [4.69, 9.17) is 0 Å². The Labute approximate surface area is 133 Å². The predicted octanol–water partition coefficient (Wildman–Crippen LogP) is 1.66. The van der Waals surface area contributed by atoms with Gasteiger partial charge in [0.15, 0.2) is 0 Å². The molecule has 0 saturated carbocycles. The number of aromatic nitrogens is 1. The molecule has 22 heavy (non-hydrogen) atoms. The standard InChI is InChI=1S/C17H29N5/c1-13-16(14(2)21-20-13)12-18-11-15-7-6-8-19-17(15)22-9-4-3-5-10-22/h6-8,13-14,16,18,20-21H,3-5,9-12H2,1-2H3. The van der Waals surface area contributed by atoms with Crippen molar-refractivity contribution in [3.05, 3.63) is 23.9 Å². The number of hydrogen-bond donors (Lipinski definition) is 3. The van der Waals surface area contributed by atoms with E-state index in [1.165, 1.54) is 30.6 Å². The van der Waals surface area contributed by atoms with E-state index in [-0.39, 0.29) is 0 Å². The van der Waals surface area contributed by atoms with Crippen molar-refractivity contribution in [2.75, 3.05) is 24.5 Å². The number of piperidine rings is 1. The van der Waals surface area contributed by atoms with Crippen LogP contribution in [0.15, 0.2) is 18.3 Å². The summed E-state index contributed by atoms with van der Waals surface area (Å²) in [4.78, 5) is 7.09. The first-order valence-corrected chi connectivity index (χ1v) is 8.66. The predicted molar refractivity (Wildman–Crippen MR) is 90.7 cm³/mol. The number of nitrogens with zero attached hydrogens (tertiary/aromatic N) is 2. The van der Waals surface area contributed by atoms with E-state index in [0.29, 0.717) is 18.0 Å². The highest BCUT2D eigenvalue weighted by Gasteiger charge is 2.29. The van der Waals surface area contributed by atoms with Gasteiger partial charge in [-0.05, 0) is 39.2 Å². The van der Waals surface area contributed by atoms with E-state index in [0.717, 1.165) is 26.2 Å². The second-order valence-corrected chi connectivity index (χ2v) is 6.69. The Morgan fingerprint density at radius 3 is 2.64 bits per heavy atom. The molecule has 2 fully saturated rings. The molecule has 0 radical (unpaired) electrons. The van der Waals surface area contributed by atoms with Gasteiger partial charge in [0.2, 0.25) is 0 Å². The second-order valence-electron chi connectivity index (χ2n) is 6.69. The summed E-state index contributed by atoms with van der Waals surface area (Å²) in [7, 11) is 0. The van der Waals surface area contributed by atoms with Gasteiger partial charge in [-0.2, -0.15) is 0 Å². The molecule has 0 spiro atoms. The van der Waals surface area contributed by atoms with E-state index in [2.05, 4.69) is 46.0 Å². The first-order chi connectivity index (χ1) is 10.8. The number of pyridine rings is 1. The van der Waals surface area contributed by atoms with Gasteiger partial charge < -0.3 is 10.2 Å². The largest absolute Gasteiger partial charge is 0.356 e. The van der Waals surface area contributed by atoms with E-state index in [1.54, 1.807) is 0 Å². The lowest BCUT2D eigenvalue weighted by molar-refractivity contribution is 0.411. The SMILES string of the molecule is CC1NNC(C)C1CNCc1cccnc1N1CCCCC1. The topological polar surface area (TPSA) is 52.2 Å². The maximum Gasteiger partial charge on any atom is 0.133 e. The molecule has 1 aromatic heterocycles. The molecule has 2 saturated heterocycles. The van der Waals surface area contributed by atoms with Gasteiger partial charge in [0.25, 0.3) is 0 Å². The van der Waals surface area contributed by atoms with Crippen LogP contribution in [0.1, 0.15) is 38.7 Å². The minimum Gasteiger partial charge on any atom is -0.356 e. The van der Waals surface area contributed by atoms with Gasteiger partial charge in [0, 0.05) is 55.9 Å². The van der Waals surface area contributed by atoms with Gasteiger partial charge in [-0.15, -0.1) is 0 Å². The van der Waals surface area contributed by atoms with Crippen LogP contribution in [0.5, 0.6) is 0 Å². The zero-order valence-electron chi connectivity index (χ0n) is 13.8. The molecule has 3 N–H and O–H groups in total. The molecule has 2 unspecified atom stereocenters. The van der Waals surface area contributed by atoms with Gasteiger partial charge in [-0.3, -0.25) is 10.9 Å². The van der Waals surface area contributed by atoms with Crippen molar-refractivity contribution >= 4 is 5.82 Å². The lowest BCUT2D eigenvalue weighted by Crippen LogP contribution is -2.35. The number of anilines is 1. The Balaban J connectivity index is 1.58. The molecule has 2 aliphatic heterocycles. The molecule has 3 rings (SSSR count). The minimum absolute atomic E-state index is 0.512.